The van der Waals surface area contributed by atoms with Gasteiger partial charge in [0.05, 0.1) is 4.90 Å². The van der Waals surface area contributed by atoms with Crippen molar-refractivity contribution < 1.29 is 13.2 Å². The van der Waals surface area contributed by atoms with Crippen molar-refractivity contribution in [3.05, 3.63) is 23.8 Å². The van der Waals surface area contributed by atoms with Gasteiger partial charge in [0.15, 0.2) is 9.84 Å². The number of hydrogen-bond donors (Lipinski definition) is 1. The van der Waals surface area contributed by atoms with Crippen molar-refractivity contribution in [2.75, 3.05) is 25.1 Å². The fourth-order valence-electron chi connectivity index (χ4n) is 2.66. The number of nitrogens with two attached hydrogens (primary N) is 1. The lowest BCUT2D eigenvalue weighted by molar-refractivity contribution is 0.0784. The van der Waals surface area contributed by atoms with Crippen LogP contribution < -0.4 is 5.73 Å². The minimum atomic E-state index is -3.38. The molecule has 0 spiro atoms. The molecule has 1 atom stereocenters. The predicted molar refractivity (Wildman–Crippen MR) is 82.8 cm³/mol. The van der Waals surface area contributed by atoms with Crippen molar-refractivity contribution in [3.63, 3.8) is 0 Å². The van der Waals surface area contributed by atoms with Crippen LogP contribution in [0.1, 0.15) is 30.6 Å². The van der Waals surface area contributed by atoms with Gasteiger partial charge in [0.25, 0.3) is 5.91 Å². The highest BCUT2D eigenvalue weighted by molar-refractivity contribution is 7.90. The number of hydrogen-bond acceptors (Lipinski definition) is 4. The molecule has 0 radical (unpaired) electrons. The molecular formula is C15H22N2O3S. The number of nitrogen functional groups attached to an aromatic ring is 1. The van der Waals surface area contributed by atoms with Gasteiger partial charge in [0.2, 0.25) is 0 Å². The monoisotopic (exact) mass is 310 g/mol. The SMILES string of the molecule is CC(C)C1CCN(C(=O)c2cc(N)cc(S(C)(=O)=O)c2)C1. The van der Waals surface area contributed by atoms with E-state index in [-0.39, 0.29) is 10.8 Å². The number of rotatable bonds is 3. The minimum absolute atomic E-state index is 0.0884. The van der Waals surface area contributed by atoms with Crippen LogP contribution in [0.3, 0.4) is 0 Å². The molecule has 5 nitrogen and oxygen atoms in total. The Balaban J connectivity index is 2.26. The van der Waals surface area contributed by atoms with Gasteiger partial charge < -0.3 is 10.6 Å². The third kappa shape index (κ3) is 3.56. The summed E-state index contributed by atoms with van der Waals surface area (Å²) in [5.74, 6) is 0.898. The van der Waals surface area contributed by atoms with Gasteiger partial charge >= 0.3 is 0 Å². The number of carbonyl (C=O) groups excluding carboxylic acids is 1. The van der Waals surface area contributed by atoms with Gasteiger partial charge in [-0.25, -0.2) is 8.42 Å². The Morgan fingerprint density at radius 3 is 2.52 bits per heavy atom. The van der Waals surface area contributed by atoms with E-state index in [1.807, 2.05) is 0 Å². The van der Waals surface area contributed by atoms with Gasteiger partial charge in [-0.15, -0.1) is 0 Å². The molecule has 1 unspecified atom stereocenters. The molecule has 1 fully saturated rings. The lowest BCUT2D eigenvalue weighted by Gasteiger charge is -2.18. The van der Waals surface area contributed by atoms with E-state index in [0.29, 0.717) is 29.6 Å². The fraction of sp³-hybridized carbons (Fsp3) is 0.533. The quantitative estimate of drug-likeness (QED) is 0.863. The lowest BCUT2D eigenvalue weighted by Crippen LogP contribution is -2.29. The lowest BCUT2D eigenvalue weighted by atomic mass is 9.95. The summed E-state index contributed by atoms with van der Waals surface area (Å²) in [6.07, 6.45) is 2.10. The van der Waals surface area contributed by atoms with Gasteiger partial charge in [0.1, 0.15) is 0 Å². The first kappa shape index (κ1) is 15.8. The standard InChI is InChI=1S/C15H22N2O3S/c1-10(2)11-4-5-17(9-11)15(18)12-6-13(16)8-14(7-12)21(3,19)20/h6-8,10-11H,4-5,9,16H2,1-3H3. The number of nitrogens with zero attached hydrogens (tertiary/aromatic N) is 1. The predicted octanol–water partition coefficient (Wildman–Crippen LogP) is 1.79. The fourth-order valence-corrected chi connectivity index (χ4v) is 3.35. The molecule has 116 valence electrons. The van der Waals surface area contributed by atoms with E-state index < -0.39 is 9.84 Å². The second kappa shape index (κ2) is 5.67. The maximum Gasteiger partial charge on any atom is 0.253 e. The first-order chi connectivity index (χ1) is 9.68. The number of sulfone groups is 1. The summed E-state index contributed by atoms with van der Waals surface area (Å²) >= 11 is 0. The van der Waals surface area contributed by atoms with Crippen LogP contribution in [-0.2, 0) is 9.84 Å². The van der Waals surface area contributed by atoms with Crippen molar-refractivity contribution in [1.29, 1.82) is 0 Å². The van der Waals surface area contributed by atoms with Crippen LogP contribution in [0, 0.1) is 11.8 Å². The largest absolute Gasteiger partial charge is 0.399 e. The molecule has 21 heavy (non-hydrogen) atoms. The first-order valence-electron chi connectivity index (χ1n) is 7.08. The molecule has 0 aliphatic carbocycles. The summed E-state index contributed by atoms with van der Waals surface area (Å²) in [6, 6.07) is 4.34. The third-order valence-corrected chi connectivity index (χ3v) is 5.15. The zero-order chi connectivity index (χ0) is 15.8. The van der Waals surface area contributed by atoms with Gasteiger partial charge in [0, 0.05) is 30.6 Å². The minimum Gasteiger partial charge on any atom is -0.399 e. The van der Waals surface area contributed by atoms with Crippen molar-refractivity contribution >= 4 is 21.4 Å². The Kier molecular flexibility index (Phi) is 4.27. The molecule has 1 aromatic carbocycles. The summed E-state index contributed by atoms with van der Waals surface area (Å²) in [5.41, 5.74) is 6.37. The Bertz CT molecular complexity index is 653. The van der Waals surface area contributed by atoms with Crippen LogP contribution in [0.5, 0.6) is 0 Å². The molecule has 1 aliphatic heterocycles. The second-order valence-electron chi connectivity index (χ2n) is 6.11. The molecule has 0 saturated carbocycles. The number of likely N-dealkylation sites (tertiary alicyclic amines) is 1. The Hall–Kier alpha value is -1.56. The van der Waals surface area contributed by atoms with Crippen LogP contribution >= 0.6 is 0 Å². The van der Waals surface area contributed by atoms with Crippen molar-refractivity contribution in [2.45, 2.75) is 25.2 Å². The van der Waals surface area contributed by atoms with E-state index in [1.165, 1.54) is 12.1 Å². The van der Waals surface area contributed by atoms with Crippen LogP contribution in [0.15, 0.2) is 23.1 Å². The van der Waals surface area contributed by atoms with Crippen LogP contribution in [-0.4, -0.2) is 38.6 Å². The van der Waals surface area contributed by atoms with Gasteiger partial charge in [-0.1, -0.05) is 13.8 Å². The van der Waals surface area contributed by atoms with Crippen LogP contribution in [0.2, 0.25) is 0 Å². The summed E-state index contributed by atoms with van der Waals surface area (Å²) in [7, 11) is -3.38. The molecule has 0 aromatic heterocycles. The van der Waals surface area contributed by atoms with E-state index in [9.17, 15) is 13.2 Å². The topological polar surface area (TPSA) is 80.5 Å². The van der Waals surface area contributed by atoms with E-state index in [2.05, 4.69) is 13.8 Å². The maximum atomic E-state index is 12.5. The smallest absolute Gasteiger partial charge is 0.253 e. The normalized spacial score (nSPS) is 19.2. The summed E-state index contributed by atoms with van der Waals surface area (Å²) in [5, 5.41) is 0. The summed E-state index contributed by atoms with van der Waals surface area (Å²) < 4.78 is 23.3. The highest BCUT2D eigenvalue weighted by atomic mass is 32.2. The first-order valence-corrected chi connectivity index (χ1v) is 8.97. The maximum absolute atomic E-state index is 12.5. The Labute approximate surface area is 126 Å². The molecule has 1 saturated heterocycles. The molecule has 6 heteroatoms. The highest BCUT2D eigenvalue weighted by Gasteiger charge is 2.29. The molecule has 2 rings (SSSR count). The van der Waals surface area contributed by atoms with Crippen LogP contribution in [0.4, 0.5) is 5.69 Å². The molecule has 2 N–H and O–H groups in total. The van der Waals surface area contributed by atoms with Gasteiger partial charge in [-0.3, -0.25) is 4.79 Å². The number of carbonyl (C=O) groups is 1. The molecule has 1 amide bonds. The van der Waals surface area contributed by atoms with Gasteiger partial charge in [-0.2, -0.15) is 0 Å². The summed E-state index contributed by atoms with van der Waals surface area (Å²) in [6.45, 7) is 5.74. The van der Waals surface area contributed by atoms with Crippen molar-refractivity contribution in [1.82, 2.24) is 4.90 Å². The number of amides is 1. The third-order valence-electron chi connectivity index (χ3n) is 4.06. The zero-order valence-electron chi connectivity index (χ0n) is 12.7. The summed E-state index contributed by atoms with van der Waals surface area (Å²) in [4.78, 5) is 14.4. The van der Waals surface area contributed by atoms with E-state index >= 15 is 0 Å². The van der Waals surface area contributed by atoms with Gasteiger partial charge in [-0.05, 0) is 36.5 Å². The Morgan fingerprint density at radius 2 is 2.00 bits per heavy atom. The number of anilines is 1. The highest BCUT2D eigenvalue weighted by Crippen LogP contribution is 2.26. The molecule has 0 bridgehead atoms. The molecule has 1 heterocycles. The average Bonchev–Trinajstić information content (AvgIpc) is 2.85. The van der Waals surface area contributed by atoms with E-state index in [4.69, 9.17) is 5.73 Å². The van der Waals surface area contributed by atoms with Crippen molar-refractivity contribution in [2.24, 2.45) is 11.8 Å². The Morgan fingerprint density at radius 1 is 1.33 bits per heavy atom. The molecule has 1 aromatic rings. The number of benzene rings is 1. The van der Waals surface area contributed by atoms with Crippen LogP contribution in [0.25, 0.3) is 0 Å². The van der Waals surface area contributed by atoms with E-state index in [1.54, 1.807) is 11.0 Å². The second-order valence-corrected chi connectivity index (χ2v) is 8.12. The molecule has 1 aliphatic rings. The molecular weight excluding hydrogens is 288 g/mol. The van der Waals surface area contributed by atoms with E-state index in [0.717, 1.165) is 19.2 Å². The van der Waals surface area contributed by atoms with Crippen molar-refractivity contribution in [3.8, 4) is 0 Å². The average molecular weight is 310 g/mol. The zero-order valence-corrected chi connectivity index (χ0v) is 13.5.